The zero-order valence-electron chi connectivity index (χ0n) is 18.3. The first kappa shape index (κ1) is 22.3. The molecule has 5 atom stereocenters. The lowest BCUT2D eigenvalue weighted by Crippen LogP contribution is -2.49. The summed E-state index contributed by atoms with van der Waals surface area (Å²) >= 11 is 6.77. The molecule has 1 aromatic carbocycles. The van der Waals surface area contributed by atoms with Crippen molar-refractivity contribution >= 4 is 51.9 Å². The predicted octanol–water partition coefficient (Wildman–Crippen LogP) is 2.48. The van der Waals surface area contributed by atoms with E-state index in [2.05, 4.69) is 19.8 Å². The number of amides is 2. The van der Waals surface area contributed by atoms with E-state index < -0.39 is 41.0 Å². The van der Waals surface area contributed by atoms with Crippen LogP contribution >= 0.6 is 23.3 Å². The van der Waals surface area contributed by atoms with E-state index >= 15 is 0 Å². The molecule has 35 heavy (non-hydrogen) atoms. The van der Waals surface area contributed by atoms with E-state index in [1.165, 1.54) is 12.3 Å². The van der Waals surface area contributed by atoms with E-state index in [4.69, 9.17) is 21.1 Å². The molecule has 5 heterocycles. The highest BCUT2D eigenvalue weighted by Gasteiger charge is 2.77. The number of pyridine rings is 1. The number of carbonyl (C=O) groups excluding carboxylic acids is 2. The molecule has 3 saturated heterocycles. The molecule has 12 heteroatoms. The second kappa shape index (κ2) is 7.66. The molecule has 1 N–H and O–H groups in total. The second-order valence-corrected chi connectivity index (χ2v) is 10.1. The number of imide groups is 1. The predicted molar refractivity (Wildman–Crippen MR) is 124 cm³/mol. The number of halogens is 1. The average Bonchev–Trinajstić information content (AvgIpc) is 3.55. The van der Waals surface area contributed by atoms with Crippen LogP contribution in [0.1, 0.15) is 25.3 Å². The minimum Gasteiger partial charge on any atom is -0.478 e. The van der Waals surface area contributed by atoms with Crippen LogP contribution in [0.2, 0.25) is 5.02 Å². The number of anilines is 1. The number of benzene rings is 1. The van der Waals surface area contributed by atoms with Crippen molar-refractivity contribution in [2.24, 2.45) is 11.8 Å². The number of aromatic nitrogens is 3. The number of hydrogen-bond donors (Lipinski definition) is 1. The monoisotopic (exact) mass is 511 g/mol. The number of nitrogens with zero attached hydrogens (tertiary/aromatic N) is 5. The molecule has 2 bridgehead atoms. The second-order valence-electron chi connectivity index (χ2n) is 9.16. The van der Waals surface area contributed by atoms with Gasteiger partial charge in [0.15, 0.2) is 0 Å². The van der Waals surface area contributed by atoms with Crippen molar-refractivity contribution in [3.63, 3.8) is 0 Å². The van der Waals surface area contributed by atoms with Crippen molar-refractivity contribution in [1.29, 1.82) is 5.26 Å². The topological polar surface area (TPSA) is 139 Å². The standard InChI is InChI=1S/C23H18ClN5O5S/c1-22-14(30)8-23(34-22,6-7-33-15-5-3-12(24)10-26-15)17-16(22)20(31)29(21(17)32)13-4-2-11(9-25)18-19(13)28-35-27-18/h2-5,10,14,16-17,30H,6-8H2,1H3/t14-,16-,17+,22?,23?/m0/s1. The number of rotatable bonds is 5. The van der Waals surface area contributed by atoms with Gasteiger partial charge in [-0.2, -0.15) is 14.0 Å². The van der Waals surface area contributed by atoms with E-state index in [1.807, 2.05) is 0 Å². The van der Waals surface area contributed by atoms with E-state index in [0.29, 0.717) is 27.5 Å². The molecular formula is C23H18ClN5O5S. The molecule has 0 aliphatic carbocycles. The van der Waals surface area contributed by atoms with E-state index in [1.54, 1.807) is 25.1 Å². The third kappa shape index (κ3) is 3.04. The van der Waals surface area contributed by atoms with Crippen molar-refractivity contribution in [2.45, 2.75) is 37.1 Å². The summed E-state index contributed by atoms with van der Waals surface area (Å²) in [6.45, 7) is 1.85. The lowest BCUT2D eigenvalue weighted by Gasteiger charge is -2.33. The molecule has 3 aliphatic heterocycles. The third-order valence-electron chi connectivity index (χ3n) is 7.35. The maximum absolute atomic E-state index is 13.8. The Balaban J connectivity index is 1.34. The Labute approximate surface area is 208 Å². The first-order valence-corrected chi connectivity index (χ1v) is 12.1. The number of aliphatic hydroxyl groups excluding tert-OH is 1. The number of ether oxygens (including phenoxy) is 2. The van der Waals surface area contributed by atoms with Crippen LogP contribution in [0.25, 0.3) is 11.0 Å². The molecule has 0 saturated carbocycles. The van der Waals surface area contributed by atoms with E-state index in [9.17, 15) is 20.0 Å². The summed E-state index contributed by atoms with van der Waals surface area (Å²) in [5.41, 5.74) is -1.02. The lowest BCUT2D eigenvalue weighted by atomic mass is 9.66. The quantitative estimate of drug-likeness (QED) is 0.511. The van der Waals surface area contributed by atoms with Gasteiger partial charge in [0.2, 0.25) is 17.7 Å². The molecule has 3 aromatic rings. The summed E-state index contributed by atoms with van der Waals surface area (Å²) in [4.78, 5) is 32.7. The fourth-order valence-electron chi connectivity index (χ4n) is 5.76. The fraction of sp³-hybridized carbons (Fsp3) is 0.391. The summed E-state index contributed by atoms with van der Waals surface area (Å²) in [5, 5.41) is 20.7. The molecule has 0 spiro atoms. The van der Waals surface area contributed by atoms with Gasteiger partial charge in [0.1, 0.15) is 22.7 Å². The molecular weight excluding hydrogens is 494 g/mol. The minimum absolute atomic E-state index is 0.166. The smallest absolute Gasteiger partial charge is 0.240 e. The normalized spacial score (nSPS) is 31.3. The molecule has 2 unspecified atom stereocenters. The maximum Gasteiger partial charge on any atom is 0.240 e. The zero-order chi connectivity index (χ0) is 24.5. The van der Waals surface area contributed by atoms with Crippen LogP contribution in [0.4, 0.5) is 5.69 Å². The number of hydrogen-bond acceptors (Lipinski definition) is 10. The Morgan fingerprint density at radius 1 is 1.26 bits per heavy atom. The number of nitriles is 1. The van der Waals surface area contributed by atoms with Crippen LogP contribution in [0, 0.1) is 23.2 Å². The molecule has 0 radical (unpaired) electrons. The van der Waals surface area contributed by atoms with E-state index in [-0.39, 0.29) is 25.1 Å². The Bertz CT molecular complexity index is 1420. The molecule has 10 nitrogen and oxygen atoms in total. The highest BCUT2D eigenvalue weighted by atomic mass is 35.5. The molecule has 6 rings (SSSR count). The molecule has 3 aliphatic rings. The van der Waals surface area contributed by atoms with Gasteiger partial charge in [0.05, 0.1) is 58.1 Å². The summed E-state index contributed by atoms with van der Waals surface area (Å²) in [6.07, 6.45) is 1.03. The van der Waals surface area contributed by atoms with Crippen molar-refractivity contribution < 1.29 is 24.2 Å². The van der Waals surface area contributed by atoms with Gasteiger partial charge in [0.25, 0.3) is 0 Å². The van der Waals surface area contributed by atoms with Crippen LogP contribution in [0.5, 0.6) is 5.88 Å². The Hall–Kier alpha value is -3.17. The van der Waals surface area contributed by atoms with Crippen LogP contribution in [0.3, 0.4) is 0 Å². The summed E-state index contributed by atoms with van der Waals surface area (Å²) in [7, 11) is 0. The molecule has 2 amide bonds. The maximum atomic E-state index is 13.8. The zero-order valence-corrected chi connectivity index (χ0v) is 19.9. The van der Waals surface area contributed by atoms with Crippen LogP contribution in [-0.2, 0) is 14.3 Å². The first-order valence-electron chi connectivity index (χ1n) is 10.9. The fourth-order valence-corrected chi connectivity index (χ4v) is 6.44. The Kier molecular flexibility index (Phi) is 4.88. The van der Waals surface area contributed by atoms with Gasteiger partial charge in [-0.25, -0.2) is 9.88 Å². The van der Waals surface area contributed by atoms with E-state index in [0.717, 1.165) is 16.6 Å². The lowest BCUT2D eigenvalue weighted by molar-refractivity contribution is -0.134. The molecule has 3 fully saturated rings. The Morgan fingerprint density at radius 2 is 2.03 bits per heavy atom. The van der Waals surface area contributed by atoms with Gasteiger partial charge in [-0.3, -0.25) is 9.59 Å². The molecule has 178 valence electrons. The third-order valence-corrected chi connectivity index (χ3v) is 8.10. The van der Waals surface area contributed by atoms with Gasteiger partial charge in [-0.05, 0) is 25.1 Å². The van der Waals surface area contributed by atoms with Gasteiger partial charge < -0.3 is 14.6 Å². The van der Waals surface area contributed by atoms with Crippen molar-refractivity contribution in [2.75, 3.05) is 11.5 Å². The van der Waals surface area contributed by atoms with Crippen molar-refractivity contribution in [1.82, 2.24) is 13.7 Å². The van der Waals surface area contributed by atoms with Crippen LogP contribution < -0.4 is 9.64 Å². The highest BCUT2D eigenvalue weighted by molar-refractivity contribution is 7.00. The van der Waals surface area contributed by atoms with Gasteiger partial charge in [-0.1, -0.05) is 11.6 Å². The van der Waals surface area contributed by atoms with Crippen molar-refractivity contribution in [3.8, 4) is 11.9 Å². The highest BCUT2D eigenvalue weighted by Crippen LogP contribution is 2.62. The first-order chi connectivity index (χ1) is 16.8. The number of fused-ring (bicyclic) bond motifs is 6. The summed E-state index contributed by atoms with van der Waals surface area (Å²) in [6, 6.07) is 8.42. The van der Waals surface area contributed by atoms with Crippen LogP contribution in [0.15, 0.2) is 30.5 Å². The average molecular weight is 512 g/mol. The number of carbonyl (C=O) groups is 2. The van der Waals surface area contributed by atoms with Gasteiger partial charge in [0, 0.05) is 25.1 Å². The SMILES string of the molecule is CC12OC(CCOc3ccc(Cl)cn3)(C[C@@H]1O)[C@H]1C(=O)N(c3ccc(C#N)c4nsnc34)C(=O)[C@H]12. The van der Waals surface area contributed by atoms with Crippen LogP contribution in [-0.4, -0.2) is 54.6 Å². The molecule has 2 aromatic heterocycles. The number of aliphatic hydroxyl groups is 1. The summed E-state index contributed by atoms with van der Waals surface area (Å²) < 4.78 is 20.5. The largest absolute Gasteiger partial charge is 0.478 e. The Morgan fingerprint density at radius 3 is 2.77 bits per heavy atom. The van der Waals surface area contributed by atoms with Gasteiger partial charge in [-0.15, -0.1) is 0 Å². The summed E-state index contributed by atoms with van der Waals surface area (Å²) in [5.74, 6) is -2.15. The van der Waals surface area contributed by atoms with Crippen molar-refractivity contribution in [3.05, 3.63) is 41.0 Å². The van der Waals surface area contributed by atoms with Gasteiger partial charge >= 0.3 is 0 Å². The minimum atomic E-state index is -1.21.